The van der Waals surface area contributed by atoms with Gasteiger partial charge >= 0.3 is 11.1 Å². The topological polar surface area (TPSA) is 121 Å². The maximum absolute atomic E-state index is 11.5. The molecular formula is C14H17N4O4. The van der Waals surface area contributed by atoms with Crippen molar-refractivity contribution in [1.82, 2.24) is 15.3 Å². The number of nitro benzene ring substituents is 1. The number of H-pyrrole nitrogens is 2. The Balaban J connectivity index is 2.41. The second kappa shape index (κ2) is 6.52. The molecule has 8 nitrogen and oxygen atoms in total. The van der Waals surface area contributed by atoms with E-state index >= 15 is 0 Å². The van der Waals surface area contributed by atoms with E-state index in [9.17, 15) is 19.7 Å². The van der Waals surface area contributed by atoms with Crippen molar-refractivity contribution in [3.8, 4) is 0 Å². The summed E-state index contributed by atoms with van der Waals surface area (Å²) < 4.78 is 0. The third kappa shape index (κ3) is 3.59. The zero-order chi connectivity index (χ0) is 16.3. The fourth-order valence-electron chi connectivity index (χ4n) is 2.03. The second-order valence-corrected chi connectivity index (χ2v) is 5.41. The summed E-state index contributed by atoms with van der Waals surface area (Å²) in [5, 5.41) is 14.0. The molecule has 2 rings (SSSR count). The van der Waals surface area contributed by atoms with Crippen LogP contribution >= 0.6 is 0 Å². The van der Waals surface area contributed by atoms with Gasteiger partial charge in [0.2, 0.25) is 0 Å². The highest BCUT2D eigenvalue weighted by molar-refractivity contribution is 5.80. The van der Waals surface area contributed by atoms with Gasteiger partial charge in [0.05, 0.1) is 16.0 Å². The average molecular weight is 305 g/mol. The molecule has 0 spiro atoms. The largest absolute Gasteiger partial charge is 0.316 e. The van der Waals surface area contributed by atoms with Crippen molar-refractivity contribution in [1.29, 1.82) is 0 Å². The minimum absolute atomic E-state index is 0.143. The molecule has 1 aromatic heterocycles. The van der Waals surface area contributed by atoms with Gasteiger partial charge in [-0.2, -0.15) is 0 Å². The number of nitrogens with one attached hydrogen (secondary N) is 3. The van der Waals surface area contributed by atoms with Gasteiger partial charge in [-0.3, -0.25) is 19.7 Å². The van der Waals surface area contributed by atoms with E-state index in [1.54, 1.807) is 0 Å². The maximum Gasteiger partial charge on any atom is 0.314 e. The number of nitrogens with zero attached hydrogens (tertiary/aromatic N) is 1. The van der Waals surface area contributed by atoms with Gasteiger partial charge in [0, 0.05) is 25.2 Å². The first-order valence-electron chi connectivity index (χ1n) is 6.87. The standard InChI is InChI=1S/C14H17N4O4/c1-8(2)3-4-15-7-9-5-10(18(21)22)6-11-12(9)17-14(20)13(19)16-11/h4-6,8,15H,3,7H2,1-2H3,(H,16,19)(H,17,20). The lowest BCUT2D eigenvalue weighted by Crippen LogP contribution is -2.29. The van der Waals surface area contributed by atoms with Crippen molar-refractivity contribution < 1.29 is 4.92 Å². The number of hydrogen-bond donors (Lipinski definition) is 3. The Labute approximate surface area is 125 Å². The van der Waals surface area contributed by atoms with Crippen LogP contribution in [0.4, 0.5) is 5.69 Å². The van der Waals surface area contributed by atoms with E-state index in [0.29, 0.717) is 23.5 Å². The molecule has 117 valence electrons. The molecular weight excluding hydrogens is 288 g/mol. The minimum Gasteiger partial charge on any atom is -0.316 e. The third-order valence-electron chi connectivity index (χ3n) is 3.13. The molecule has 0 aliphatic carbocycles. The van der Waals surface area contributed by atoms with Gasteiger partial charge in [0.15, 0.2) is 0 Å². The number of aromatic nitrogens is 2. The van der Waals surface area contributed by atoms with Gasteiger partial charge in [-0.05, 0) is 17.9 Å². The molecule has 3 N–H and O–H groups in total. The van der Waals surface area contributed by atoms with Crippen LogP contribution in [-0.2, 0) is 6.54 Å². The van der Waals surface area contributed by atoms with E-state index in [2.05, 4.69) is 29.1 Å². The fraction of sp³-hybridized carbons (Fsp3) is 0.357. The lowest BCUT2D eigenvalue weighted by atomic mass is 10.1. The van der Waals surface area contributed by atoms with E-state index in [1.807, 2.05) is 6.54 Å². The van der Waals surface area contributed by atoms with Crippen LogP contribution in [0, 0.1) is 22.6 Å². The summed E-state index contributed by atoms with van der Waals surface area (Å²) in [6, 6.07) is 2.61. The molecule has 22 heavy (non-hydrogen) atoms. The zero-order valence-electron chi connectivity index (χ0n) is 12.3. The Hall–Kier alpha value is -2.48. The Morgan fingerprint density at radius 2 is 1.95 bits per heavy atom. The summed E-state index contributed by atoms with van der Waals surface area (Å²) >= 11 is 0. The Morgan fingerprint density at radius 1 is 1.27 bits per heavy atom. The van der Waals surface area contributed by atoms with E-state index in [4.69, 9.17) is 0 Å². The van der Waals surface area contributed by atoms with Gasteiger partial charge in [-0.15, -0.1) is 0 Å². The smallest absolute Gasteiger partial charge is 0.314 e. The van der Waals surface area contributed by atoms with Gasteiger partial charge in [0.1, 0.15) is 0 Å². The predicted octanol–water partition coefficient (Wildman–Crippen LogP) is 1.42. The molecule has 0 unspecified atom stereocenters. The second-order valence-electron chi connectivity index (χ2n) is 5.41. The van der Waals surface area contributed by atoms with Crippen molar-refractivity contribution in [2.24, 2.45) is 5.92 Å². The van der Waals surface area contributed by atoms with Crippen molar-refractivity contribution in [2.45, 2.75) is 26.8 Å². The highest BCUT2D eigenvalue weighted by Crippen LogP contribution is 2.21. The Kier molecular flexibility index (Phi) is 4.71. The molecule has 0 amide bonds. The lowest BCUT2D eigenvalue weighted by molar-refractivity contribution is -0.384. The van der Waals surface area contributed by atoms with Crippen LogP contribution in [0.25, 0.3) is 11.0 Å². The molecule has 1 aromatic carbocycles. The monoisotopic (exact) mass is 305 g/mol. The summed E-state index contributed by atoms with van der Waals surface area (Å²) in [6.45, 7) is 6.33. The number of benzene rings is 1. The SMILES string of the molecule is CC(C)C[CH]NCc1cc([N+](=O)[O-])cc2[nH]c(=O)c(=O)[nH]c12. The van der Waals surface area contributed by atoms with Gasteiger partial charge in [0.25, 0.3) is 5.69 Å². The number of non-ortho nitro benzene ring substituents is 1. The summed E-state index contributed by atoms with van der Waals surface area (Å²) in [7, 11) is 0. The number of hydrogen-bond acceptors (Lipinski definition) is 5. The molecule has 1 radical (unpaired) electrons. The molecule has 0 fully saturated rings. The van der Waals surface area contributed by atoms with E-state index in [1.165, 1.54) is 12.1 Å². The highest BCUT2D eigenvalue weighted by Gasteiger charge is 2.13. The van der Waals surface area contributed by atoms with Crippen LogP contribution in [-0.4, -0.2) is 14.9 Å². The van der Waals surface area contributed by atoms with Gasteiger partial charge in [-0.25, -0.2) is 0 Å². The Bertz CT molecular complexity index is 807. The van der Waals surface area contributed by atoms with Crippen LogP contribution in [0.5, 0.6) is 0 Å². The van der Waals surface area contributed by atoms with E-state index in [-0.39, 0.29) is 11.2 Å². The van der Waals surface area contributed by atoms with E-state index < -0.39 is 16.0 Å². The summed E-state index contributed by atoms with van der Waals surface area (Å²) in [6.07, 6.45) is 0.847. The fourth-order valence-corrected chi connectivity index (χ4v) is 2.03. The molecule has 1 heterocycles. The van der Waals surface area contributed by atoms with Crippen molar-refractivity contribution in [2.75, 3.05) is 0 Å². The Morgan fingerprint density at radius 3 is 2.59 bits per heavy atom. The summed E-state index contributed by atoms with van der Waals surface area (Å²) in [5.74, 6) is 0.491. The average Bonchev–Trinajstić information content (AvgIpc) is 2.44. The van der Waals surface area contributed by atoms with Crippen LogP contribution in [0.2, 0.25) is 0 Å². The van der Waals surface area contributed by atoms with Gasteiger partial charge < -0.3 is 15.3 Å². The first-order chi connectivity index (χ1) is 10.4. The van der Waals surface area contributed by atoms with Crippen molar-refractivity contribution >= 4 is 16.7 Å². The summed E-state index contributed by atoms with van der Waals surface area (Å²) in [4.78, 5) is 38.1. The number of rotatable bonds is 6. The van der Waals surface area contributed by atoms with Crippen LogP contribution in [0.3, 0.4) is 0 Å². The van der Waals surface area contributed by atoms with E-state index in [0.717, 1.165) is 6.42 Å². The zero-order valence-corrected chi connectivity index (χ0v) is 12.3. The number of aromatic amines is 2. The van der Waals surface area contributed by atoms with Crippen molar-refractivity contribution in [3.63, 3.8) is 0 Å². The minimum atomic E-state index is -0.835. The van der Waals surface area contributed by atoms with Crippen LogP contribution in [0.15, 0.2) is 21.7 Å². The highest BCUT2D eigenvalue weighted by atomic mass is 16.6. The maximum atomic E-state index is 11.5. The van der Waals surface area contributed by atoms with Crippen molar-refractivity contribution in [3.05, 3.63) is 55.1 Å². The summed E-state index contributed by atoms with van der Waals surface area (Å²) in [5.41, 5.74) is -0.597. The molecule has 0 saturated carbocycles. The molecule has 0 atom stereocenters. The number of nitro groups is 1. The number of fused-ring (bicyclic) bond motifs is 1. The third-order valence-corrected chi connectivity index (χ3v) is 3.13. The lowest BCUT2D eigenvalue weighted by Gasteiger charge is -2.09. The van der Waals surface area contributed by atoms with Gasteiger partial charge in [-0.1, -0.05) is 13.8 Å². The van der Waals surface area contributed by atoms with Crippen LogP contribution < -0.4 is 16.4 Å². The predicted molar refractivity (Wildman–Crippen MR) is 82.4 cm³/mol. The normalized spacial score (nSPS) is 11.2. The quantitative estimate of drug-likeness (QED) is 0.322. The molecule has 0 bridgehead atoms. The van der Waals surface area contributed by atoms with Crippen LogP contribution in [0.1, 0.15) is 25.8 Å². The molecule has 8 heteroatoms. The first kappa shape index (κ1) is 15.9. The first-order valence-corrected chi connectivity index (χ1v) is 6.87. The molecule has 0 aliphatic heterocycles. The molecule has 0 aliphatic rings. The molecule has 2 aromatic rings. The molecule has 0 saturated heterocycles.